The van der Waals surface area contributed by atoms with Gasteiger partial charge in [0.1, 0.15) is 17.6 Å². The Kier molecular flexibility index (Phi) is 2.81. The highest BCUT2D eigenvalue weighted by Gasteiger charge is 2.59. The average molecular weight is 285 g/mol. The highest BCUT2D eigenvalue weighted by atomic mass is 16.6. The first-order valence-electron chi connectivity index (χ1n) is 7.57. The number of hydrogen-bond donors (Lipinski definition) is 0. The molecule has 2 bridgehead atoms. The lowest BCUT2D eigenvalue weighted by Gasteiger charge is -2.28. The lowest BCUT2D eigenvalue weighted by Crippen LogP contribution is -2.36. The van der Waals surface area contributed by atoms with Gasteiger partial charge in [-0.05, 0) is 49.9 Å². The summed E-state index contributed by atoms with van der Waals surface area (Å²) in [5, 5.41) is 4.35. The molecule has 1 aromatic rings. The molecule has 2 aliphatic carbocycles. The van der Waals surface area contributed by atoms with Crippen LogP contribution in [0.1, 0.15) is 25.3 Å². The molecule has 0 radical (unpaired) electrons. The van der Waals surface area contributed by atoms with E-state index in [1.807, 2.05) is 24.3 Å². The van der Waals surface area contributed by atoms with Gasteiger partial charge in [0.2, 0.25) is 0 Å². The fourth-order valence-electron chi connectivity index (χ4n) is 4.48. The topological polar surface area (TPSA) is 47.9 Å². The summed E-state index contributed by atoms with van der Waals surface area (Å²) in [6.45, 7) is 1.71. The Morgan fingerprint density at radius 3 is 2.71 bits per heavy atom. The van der Waals surface area contributed by atoms with Crippen molar-refractivity contribution in [3.8, 4) is 5.75 Å². The first-order chi connectivity index (χ1) is 10.2. The molecule has 1 heterocycles. The van der Waals surface area contributed by atoms with E-state index < -0.39 is 0 Å². The normalized spacial score (nSPS) is 36.1. The van der Waals surface area contributed by atoms with E-state index in [1.165, 1.54) is 0 Å². The summed E-state index contributed by atoms with van der Waals surface area (Å²) < 4.78 is 5.20. The van der Waals surface area contributed by atoms with Crippen LogP contribution in [0.2, 0.25) is 0 Å². The van der Waals surface area contributed by atoms with E-state index in [1.54, 1.807) is 14.0 Å². The highest BCUT2D eigenvalue weighted by Crippen LogP contribution is 2.56. The number of Topliss-reactive ketones (excluding diaryl/α,β-unsaturated/α-hetero) is 1. The molecule has 21 heavy (non-hydrogen) atoms. The molecule has 0 amide bonds. The van der Waals surface area contributed by atoms with E-state index in [0.717, 1.165) is 29.9 Å². The first kappa shape index (κ1) is 12.9. The molecule has 4 nitrogen and oxygen atoms in total. The maximum Gasteiger partial charge on any atom is 0.139 e. The molecule has 4 rings (SSSR count). The summed E-state index contributed by atoms with van der Waals surface area (Å²) >= 11 is 0. The Hall–Kier alpha value is -1.84. The zero-order valence-electron chi connectivity index (χ0n) is 12.3. The second-order valence-electron chi connectivity index (χ2n) is 6.41. The quantitative estimate of drug-likeness (QED) is 0.858. The van der Waals surface area contributed by atoms with Gasteiger partial charge in [0.25, 0.3) is 0 Å². The fraction of sp³-hybridized carbons (Fsp3) is 0.529. The zero-order chi connectivity index (χ0) is 14.6. The number of rotatable bonds is 3. The van der Waals surface area contributed by atoms with Crippen LogP contribution in [0.3, 0.4) is 0 Å². The van der Waals surface area contributed by atoms with Crippen molar-refractivity contribution in [2.24, 2.45) is 28.8 Å². The van der Waals surface area contributed by atoms with E-state index in [9.17, 15) is 4.79 Å². The fourth-order valence-corrected chi connectivity index (χ4v) is 4.48. The van der Waals surface area contributed by atoms with Crippen molar-refractivity contribution < 1.29 is 14.4 Å². The Labute approximate surface area is 124 Å². The zero-order valence-corrected chi connectivity index (χ0v) is 12.3. The molecule has 0 N–H and O–H groups in total. The second kappa shape index (κ2) is 4.58. The lowest BCUT2D eigenvalue weighted by atomic mass is 9.75. The van der Waals surface area contributed by atoms with Gasteiger partial charge in [-0.1, -0.05) is 5.16 Å². The molecule has 0 unspecified atom stereocenters. The van der Waals surface area contributed by atoms with Crippen molar-refractivity contribution in [1.82, 2.24) is 0 Å². The second-order valence-corrected chi connectivity index (χ2v) is 6.41. The molecule has 2 fully saturated rings. The first-order valence-corrected chi connectivity index (χ1v) is 7.57. The van der Waals surface area contributed by atoms with Gasteiger partial charge in [-0.15, -0.1) is 0 Å². The van der Waals surface area contributed by atoms with E-state index in [2.05, 4.69) is 5.16 Å². The largest absolute Gasteiger partial charge is 0.497 e. The molecule has 4 heteroatoms. The van der Waals surface area contributed by atoms with Crippen molar-refractivity contribution in [1.29, 1.82) is 0 Å². The third kappa shape index (κ3) is 1.81. The van der Waals surface area contributed by atoms with Crippen LogP contribution in [-0.2, 0) is 9.63 Å². The van der Waals surface area contributed by atoms with Crippen molar-refractivity contribution >= 4 is 11.5 Å². The van der Waals surface area contributed by atoms with E-state index in [-0.39, 0.29) is 12.0 Å². The number of fused-ring (bicyclic) bond motifs is 5. The number of ketones is 1. The SMILES string of the molecule is COc1ccc(C2=NO[C@@H]3[C@H]4C[C@H](C[C@H]4C(C)=O)[C@@H]23)cc1. The van der Waals surface area contributed by atoms with E-state index in [0.29, 0.717) is 23.5 Å². The minimum Gasteiger partial charge on any atom is -0.497 e. The molecule has 3 aliphatic rings. The maximum atomic E-state index is 11.7. The minimum atomic E-state index is 0.106. The Bertz CT molecular complexity index is 607. The van der Waals surface area contributed by atoms with Crippen LogP contribution in [0, 0.1) is 23.7 Å². The number of carbonyl (C=O) groups is 1. The Balaban J connectivity index is 1.59. The van der Waals surface area contributed by atoms with Crippen LogP contribution in [0.4, 0.5) is 0 Å². The van der Waals surface area contributed by atoms with E-state index >= 15 is 0 Å². The molecule has 5 atom stereocenters. The van der Waals surface area contributed by atoms with Gasteiger partial charge in [0.15, 0.2) is 0 Å². The molecule has 1 aliphatic heterocycles. The van der Waals surface area contributed by atoms with Crippen LogP contribution in [-0.4, -0.2) is 24.7 Å². The molecular formula is C17H19NO3. The monoisotopic (exact) mass is 285 g/mol. The van der Waals surface area contributed by atoms with E-state index in [4.69, 9.17) is 9.57 Å². The molecule has 1 aromatic carbocycles. The predicted octanol–water partition coefficient (Wildman–Crippen LogP) is 2.66. The van der Waals surface area contributed by atoms with Crippen molar-refractivity contribution in [2.75, 3.05) is 7.11 Å². The third-order valence-electron chi connectivity index (χ3n) is 5.43. The number of methoxy groups -OCH3 is 1. The number of oxime groups is 1. The van der Waals surface area contributed by atoms with Gasteiger partial charge < -0.3 is 9.57 Å². The van der Waals surface area contributed by atoms with Crippen LogP contribution in [0.5, 0.6) is 5.75 Å². The Morgan fingerprint density at radius 2 is 2.05 bits per heavy atom. The van der Waals surface area contributed by atoms with Gasteiger partial charge in [0.05, 0.1) is 12.8 Å². The number of nitrogens with zero attached hydrogens (tertiary/aromatic N) is 1. The molecule has 110 valence electrons. The molecular weight excluding hydrogens is 266 g/mol. The predicted molar refractivity (Wildman–Crippen MR) is 78.3 cm³/mol. The lowest BCUT2D eigenvalue weighted by molar-refractivity contribution is -0.124. The summed E-state index contributed by atoms with van der Waals surface area (Å²) in [4.78, 5) is 17.5. The van der Waals surface area contributed by atoms with Crippen LogP contribution in [0.25, 0.3) is 0 Å². The standard InChI is InChI=1S/C17H19NO3/c1-9(19)13-7-11-8-14(13)17-15(11)16(18-21-17)10-3-5-12(20-2)6-4-10/h3-6,11,13-15,17H,7-8H2,1-2H3/t11-,13-,14-,15-,17+/m0/s1. The van der Waals surface area contributed by atoms with Crippen LogP contribution >= 0.6 is 0 Å². The molecule has 0 spiro atoms. The third-order valence-corrected chi connectivity index (χ3v) is 5.43. The number of ether oxygens (including phenoxy) is 1. The van der Waals surface area contributed by atoms with Crippen molar-refractivity contribution in [3.63, 3.8) is 0 Å². The summed E-state index contributed by atoms with van der Waals surface area (Å²) in [5.74, 6) is 2.59. The number of carbonyl (C=O) groups excluding carboxylic acids is 1. The average Bonchev–Trinajstić information content (AvgIpc) is 3.18. The van der Waals surface area contributed by atoms with Crippen molar-refractivity contribution in [3.05, 3.63) is 29.8 Å². The van der Waals surface area contributed by atoms with Crippen molar-refractivity contribution in [2.45, 2.75) is 25.9 Å². The van der Waals surface area contributed by atoms with Crippen LogP contribution in [0.15, 0.2) is 29.4 Å². The molecule has 0 saturated heterocycles. The highest BCUT2D eigenvalue weighted by molar-refractivity contribution is 6.03. The maximum absolute atomic E-state index is 11.7. The summed E-state index contributed by atoms with van der Waals surface area (Å²) in [6, 6.07) is 7.99. The van der Waals surface area contributed by atoms with Crippen LogP contribution < -0.4 is 4.74 Å². The van der Waals surface area contributed by atoms with Gasteiger partial charge in [-0.25, -0.2) is 0 Å². The smallest absolute Gasteiger partial charge is 0.139 e. The van der Waals surface area contributed by atoms with Gasteiger partial charge in [-0.3, -0.25) is 4.79 Å². The molecule has 2 saturated carbocycles. The number of benzene rings is 1. The minimum absolute atomic E-state index is 0.106. The summed E-state index contributed by atoms with van der Waals surface area (Å²) in [7, 11) is 1.67. The van der Waals surface area contributed by atoms with Gasteiger partial charge in [0, 0.05) is 23.3 Å². The summed E-state index contributed by atoms with van der Waals surface area (Å²) in [5.41, 5.74) is 2.16. The summed E-state index contributed by atoms with van der Waals surface area (Å²) in [6.07, 6.45) is 2.21. The van der Waals surface area contributed by atoms with Gasteiger partial charge >= 0.3 is 0 Å². The molecule has 0 aromatic heterocycles. The number of hydrogen-bond acceptors (Lipinski definition) is 4. The Morgan fingerprint density at radius 1 is 1.29 bits per heavy atom. The van der Waals surface area contributed by atoms with Gasteiger partial charge in [-0.2, -0.15) is 0 Å².